The maximum absolute atomic E-state index is 12.2. The molecule has 0 aliphatic carbocycles. The van der Waals surface area contributed by atoms with Crippen molar-refractivity contribution in [2.75, 3.05) is 61.1 Å². The third kappa shape index (κ3) is 4.77. The van der Waals surface area contributed by atoms with Crippen LogP contribution >= 0.6 is 12.2 Å². The molecule has 2 aromatic rings. The molecule has 0 saturated carbocycles. The second kappa shape index (κ2) is 9.30. The smallest absolute Gasteiger partial charge is 0.414 e. The van der Waals surface area contributed by atoms with Crippen molar-refractivity contribution in [1.82, 2.24) is 5.32 Å². The van der Waals surface area contributed by atoms with Gasteiger partial charge in [-0.15, -0.1) is 0 Å². The van der Waals surface area contributed by atoms with Gasteiger partial charge in [-0.1, -0.05) is 12.1 Å². The van der Waals surface area contributed by atoms with Crippen LogP contribution in [0.4, 0.5) is 21.9 Å². The second-order valence-corrected chi connectivity index (χ2v) is 7.96. The highest BCUT2D eigenvalue weighted by Gasteiger charge is 2.32. The average molecular weight is 442 g/mol. The van der Waals surface area contributed by atoms with E-state index in [-0.39, 0.29) is 17.3 Å². The molecule has 31 heavy (non-hydrogen) atoms. The zero-order valence-electron chi connectivity index (χ0n) is 17.5. The highest BCUT2D eigenvalue weighted by molar-refractivity contribution is 7.80. The van der Waals surface area contributed by atoms with Crippen molar-refractivity contribution in [2.24, 2.45) is 5.73 Å². The molecule has 2 aliphatic rings. The number of benzene rings is 2. The summed E-state index contributed by atoms with van der Waals surface area (Å²) in [6.45, 7) is 4.53. The fourth-order valence-electron chi connectivity index (χ4n) is 3.99. The number of thiocarbonyl (C=S) groups is 1. The lowest BCUT2D eigenvalue weighted by Crippen LogP contribution is -2.46. The molecule has 2 aromatic carbocycles. The van der Waals surface area contributed by atoms with Crippen molar-refractivity contribution in [3.8, 4) is 5.75 Å². The second-order valence-electron chi connectivity index (χ2n) is 7.52. The standard InChI is InChI=1S/C22H27N5O3S/c1-29-20-5-3-2-4-19(20)26-12-10-25(11-13-26)16-6-8-17(9-7-16)27-15-18(30-22(27)28)14-24-21(23)31/h2-9,18H,10-15H2,1H3,(H3,23,24,31)/t18-/m0/s1. The van der Waals surface area contributed by atoms with E-state index in [1.54, 1.807) is 12.0 Å². The summed E-state index contributed by atoms with van der Waals surface area (Å²) in [5.74, 6) is 0.902. The Morgan fingerprint density at radius 1 is 1.10 bits per heavy atom. The van der Waals surface area contributed by atoms with E-state index >= 15 is 0 Å². The number of hydrogen-bond acceptors (Lipinski definition) is 6. The van der Waals surface area contributed by atoms with Crippen LogP contribution in [0.1, 0.15) is 0 Å². The summed E-state index contributed by atoms with van der Waals surface area (Å²) < 4.78 is 10.9. The van der Waals surface area contributed by atoms with E-state index in [4.69, 9.17) is 27.4 Å². The molecule has 1 amide bonds. The first-order valence-corrected chi connectivity index (χ1v) is 10.7. The van der Waals surface area contributed by atoms with Gasteiger partial charge >= 0.3 is 6.09 Å². The summed E-state index contributed by atoms with van der Waals surface area (Å²) in [5.41, 5.74) is 8.54. The maximum Gasteiger partial charge on any atom is 0.414 e. The van der Waals surface area contributed by atoms with Crippen molar-refractivity contribution in [2.45, 2.75) is 6.10 Å². The molecule has 164 valence electrons. The van der Waals surface area contributed by atoms with Crippen LogP contribution in [0.15, 0.2) is 48.5 Å². The number of cyclic esters (lactones) is 1. The third-order valence-corrected chi connectivity index (χ3v) is 5.75. The number of amides is 1. The van der Waals surface area contributed by atoms with Gasteiger partial charge in [-0.3, -0.25) is 4.90 Å². The third-order valence-electron chi connectivity index (χ3n) is 5.61. The van der Waals surface area contributed by atoms with Crippen molar-refractivity contribution >= 4 is 40.5 Å². The molecular formula is C22H27N5O3S. The molecule has 3 N–H and O–H groups in total. The molecule has 0 bridgehead atoms. The normalized spacial score (nSPS) is 18.7. The minimum Gasteiger partial charge on any atom is -0.495 e. The summed E-state index contributed by atoms with van der Waals surface area (Å²) in [4.78, 5) is 18.6. The van der Waals surface area contributed by atoms with Crippen molar-refractivity contribution in [1.29, 1.82) is 0 Å². The zero-order chi connectivity index (χ0) is 21.8. The molecular weight excluding hydrogens is 414 g/mol. The van der Waals surface area contributed by atoms with E-state index in [9.17, 15) is 4.79 Å². The van der Waals surface area contributed by atoms with Gasteiger partial charge in [0.15, 0.2) is 5.11 Å². The largest absolute Gasteiger partial charge is 0.495 e. The molecule has 0 spiro atoms. The predicted octanol–water partition coefficient (Wildman–Crippen LogP) is 2.18. The number of methoxy groups -OCH3 is 1. The summed E-state index contributed by atoms with van der Waals surface area (Å²) in [6, 6.07) is 16.2. The average Bonchev–Trinajstić information content (AvgIpc) is 3.18. The molecule has 0 radical (unpaired) electrons. The first-order chi connectivity index (χ1) is 15.0. The lowest BCUT2D eigenvalue weighted by molar-refractivity contribution is 0.143. The number of nitrogens with zero attached hydrogens (tertiary/aromatic N) is 3. The topological polar surface area (TPSA) is 83.3 Å². The molecule has 9 heteroatoms. The quantitative estimate of drug-likeness (QED) is 0.660. The van der Waals surface area contributed by atoms with Crippen LogP contribution in [0.3, 0.4) is 0 Å². The molecule has 2 aliphatic heterocycles. The summed E-state index contributed by atoms with van der Waals surface area (Å²) in [5, 5.41) is 3.04. The number of carbonyl (C=O) groups is 1. The fraction of sp³-hybridized carbons (Fsp3) is 0.364. The Morgan fingerprint density at radius 3 is 2.42 bits per heavy atom. The molecule has 2 fully saturated rings. The number of carbonyl (C=O) groups excluding carboxylic acids is 1. The number of nitrogens with two attached hydrogens (primary N) is 1. The van der Waals surface area contributed by atoms with Gasteiger partial charge in [0, 0.05) is 37.6 Å². The number of nitrogens with one attached hydrogen (secondary N) is 1. The van der Waals surface area contributed by atoms with Gasteiger partial charge in [-0.2, -0.15) is 0 Å². The van der Waals surface area contributed by atoms with Crippen LogP contribution in [-0.4, -0.2) is 63.7 Å². The van der Waals surface area contributed by atoms with E-state index in [1.807, 2.05) is 30.3 Å². The number of anilines is 3. The SMILES string of the molecule is COc1ccccc1N1CCN(c2ccc(N3C[C@H](CNC(N)=S)OC3=O)cc2)CC1. The monoisotopic (exact) mass is 441 g/mol. The Kier molecular flexibility index (Phi) is 6.31. The highest BCUT2D eigenvalue weighted by atomic mass is 32.1. The van der Waals surface area contributed by atoms with Crippen LogP contribution in [0.25, 0.3) is 0 Å². The predicted molar refractivity (Wildman–Crippen MR) is 126 cm³/mol. The number of rotatable bonds is 6. The minimum atomic E-state index is -0.354. The van der Waals surface area contributed by atoms with Gasteiger partial charge in [0.25, 0.3) is 0 Å². The van der Waals surface area contributed by atoms with Gasteiger partial charge in [-0.05, 0) is 48.6 Å². The van der Waals surface area contributed by atoms with Gasteiger partial charge in [0.05, 0.1) is 25.9 Å². The van der Waals surface area contributed by atoms with Crippen molar-refractivity contribution < 1.29 is 14.3 Å². The van der Waals surface area contributed by atoms with Gasteiger partial charge < -0.3 is 30.3 Å². The Hall–Kier alpha value is -3.20. The van der Waals surface area contributed by atoms with Crippen LogP contribution in [0, 0.1) is 0 Å². The van der Waals surface area contributed by atoms with Crippen molar-refractivity contribution in [3.05, 3.63) is 48.5 Å². The number of hydrogen-bond donors (Lipinski definition) is 2. The van der Waals surface area contributed by atoms with E-state index < -0.39 is 0 Å². The maximum atomic E-state index is 12.2. The van der Waals surface area contributed by atoms with Gasteiger partial charge in [-0.25, -0.2) is 4.79 Å². The molecule has 8 nitrogen and oxygen atoms in total. The molecule has 1 atom stereocenters. The van der Waals surface area contributed by atoms with E-state index in [2.05, 4.69) is 33.3 Å². The van der Waals surface area contributed by atoms with Crippen LogP contribution in [-0.2, 0) is 4.74 Å². The Bertz CT molecular complexity index is 931. The molecule has 4 rings (SSSR count). The first kappa shape index (κ1) is 21.0. The molecule has 2 heterocycles. The van der Waals surface area contributed by atoms with Crippen molar-refractivity contribution in [3.63, 3.8) is 0 Å². The lowest BCUT2D eigenvalue weighted by Gasteiger charge is -2.38. The van der Waals surface area contributed by atoms with Crippen LogP contribution in [0.2, 0.25) is 0 Å². The summed E-state index contributed by atoms with van der Waals surface area (Å²) in [6.07, 6.45) is -0.635. The highest BCUT2D eigenvalue weighted by Crippen LogP contribution is 2.30. The lowest BCUT2D eigenvalue weighted by atomic mass is 10.2. The van der Waals surface area contributed by atoms with Gasteiger partial charge in [0.1, 0.15) is 11.9 Å². The minimum absolute atomic E-state index is 0.199. The number of para-hydroxylation sites is 2. The van der Waals surface area contributed by atoms with E-state index in [0.29, 0.717) is 13.1 Å². The Balaban J connectivity index is 1.35. The number of piperazine rings is 1. The van der Waals surface area contributed by atoms with E-state index in [0.717, 1.165) is 49.0 Å². The summed E-state index contributed by atoms with van der Waals surface area (Å²) in [7, 11) is 1.71. The molecule has 0 unspecified atom stereocenters. The van der Waals surface area contributed by atoms with E-state index in [1.165, 1.54) is 0 Å². The zero-order valence-corrected chi connectivity index (χ0v) is 18.3. The molecule has 2 saturated heterocycles. The Morgan fingerprint density at radius 2 is 1.74 bits per heavy atom. The fourth-order valence-corrected chi connectivity index (χ4v) is 4.08. The first-order valence-electron chi connectivity index (χ1n) is 10.3. The molecule has 0 aromatic heterocycles. The Labute approximate surface area is 187 Å². The van der Waals surface area contributed by atoms with Crippen LogP contribution in [0.5, 0.6) is 5.75 Å². The number of ether oxygens (including phenoxy) is 2. The van der Waals surface area contributed by atoms with Gasteiger partial charge in [0.2, 0.25) is 0 Å². The summed E-state index contributed by atoms with van der Waals surface area (Å²) >= 11 is 4.81. The van der Waals surface area contributed by atoms with Crippen LogP contribution < -0.4 is 30.5 Å².